The van der Waals surface area contributed by atoms with Crippen molar-refractivity contribution in [3.05, 3.63) is 35.9 Å². The summed E-state index contributed by atoms with van der Waals surface area (Å²) in [6.07, 6.45) is 0.431. The van der Waals surface area contributed by atoms with Crippen molar-refractivity contribution in [3.8, 4) is 0 Å². The zero-order valence-corrected chi connectivity index (χ0v) is 12.7. The maximum absolute atomic E-state index is 12.2. The second-order valence-corrected chi connectivity index (χ2v) is 4.66. The first-order valence-electron chi connectivity index (χ1n) is 7.03. The van der Waals surface area contributed by atoms with Crippen molar-refractivity contribution in [1.82, 2.24) is 4.90 Å². The Bertz CT molecular complexity index is 425. The predicted molar refractivity (Wildman–Crippen MR) is 80.3 cm³/mol. The molecule has 0 aliphatic rings. The number of methoxy groups -OCH3 is 2. The monoisotopic (exact) mass is 293 g/mol. The van der Waals surface area contributed by atoms with Gasteiger partial charge in [0, 0.05) is 45.7 Å². The average molecular weight is 293 g/mol. The predicted octanol–water partition coefficient (Wildman–Crippen LogP) is 1.77. The summed E-state index contributed by atoms with van der Waals surface area (Å²) in [6.45, 7) is 1.97. The molecule has 5 nitrogen and oxygen atoms in total. The van der Waals surface area contributed by atoms with Gasteiger partial charge >= 0.3 is 0 Å². The van der Waals surface area contributed by atoms with E-state index in [2.05, 4.69) is 0 Å². The van der Waals surface area contributed by atoms with E-state index in [0.29, 0.717) is 31.9 Å². The third-order valence-electron chi connectivity index (χ3n) is 3.15. The standard InChI is InChI=1S/C16H23NO4/c1-20-12-10-17(11-13-21-2)16(19)9-8-15(18)14-6-4-3-5-7-14/h3-7H,8-13H2,1-2H3. The van der Waals surface area contributed by atoms with Crippen LogP contribution in [-0.2, 0) is 14.3 Å². The van der Waals surface area contributed by atoms with Gasteiger partial charge in [-0.2, -0.15) is 0 Å². The number of nitrogens with zero attached hydrogens (tertiary/aromatic N) is 1. The number of ketones is 1. The van der Waals surface area contributed by atoms with E-state index in [9.17, 15) is 9.59 Å². The number of hydrogen-bond donors (Lipinski definition) is 0. The third-order valence-corrected chi connectivity index (χ3v) is 3.15. The minimum atomic E-state index is -0.0478. The van der Waals surface area contributed by atoms with Crippen LogP contribution in [-0.4, -0.2) is 57.1 Å². The second-order valence-electron chi connectivity index (χ2n) is 4.66. The summed E-state index contributed by atoms with van der Waals surface area (Å²) in [5.41, 5.74) is 0.644. The molecule has 1 rings (SSSR count). The summed E-state index contributed by atoms with van der Waals surface area (Å²) in [4.78, 5) is 25.8. The first-order chi connectivity index (χ1) is 10.2. The molecule has 0 heterocycles. The van der Waals surface area contributed by atoms with Gasteiger partial charge in [-0.25, -0.2) is 0 Å². The molecule has 0 saturated carbocycles. The molecule has 21 heavy (non-hydrogen) atoms. The fourth-order valence-electron chi connectivity index (χ4n) is 1.91. The first kappa shape index (κ1) is 17.3. The quantitative estimate of drug-likeness (QED) is 0.617. The van der Waals surface area contributed by atoms with Gasteiger partial charge < -0.3 is 14.4 Å². The van der Waals surface area contributed by atoms with E-state index < -0.39 is 0 Å². The van der Waals surface area contributed by atoms with Crippen LogP contribution >= 0.6 is 0 Å². The number of ether oxygens (including phenoxy) is 2. The van der Waals surface area contributed by atoms with Crippen molar-refractivity contribution in [2.45, 2.75) is 12.8 Å². The van der Waals surface area contributed by atoms with Gasteiger partial charge in [0.15, 0.2) is 5.78 Å². The number of amides is 1. The maximum Gasteiger partial charge on any atom is 0.223 e. The minimum Gasteiger partial charge on any atom is -0.383 e. The van der Waals surface area contributed by atoms with Gasteiger partial charge in [-0.05, 0) is 0 Å². The summed E-state index contributed by atoms with van der Waals surface area (Å²) >= 11 is 0. The molecule has 0 aliphatic heterocycles. The normalized spacial score (nSPS) is 10.4. The molecule has 0 spiro atoms. The van der Waals surface area contributed by atoms with Gasteiger partial charge in [0.05, 0.1) is 13.2 Å². The van der Waals surface area contributed by atoms with Crippen molar-refractivity contribution in [3.63, 3.8) is 0 Å². The molecule has 0 atom stereocenters. The molecule has 1 amide bonds. The van der Waals surface area contributed by atoms with Gasteiger partial charge in [-0.3, -0.25) is 9.59 Å². The Morgan fingerprint density at radius 1 is 0.952 bits per heavy atom. The van der Waals surface area contributed by atoms with E-state index in [-0.39, 0.29) is 24.5 Å². The molecular formula is C16H23NO4. The molecule has 0 saturated heterocycles. The zero-order valence-electron chi connectivity index (χ0n) is 12.7. The van der Waals surface area contributed by atoms with Crippen molar-refractivity contribution in [2.75, 3.05) is 40.5 Å². The van der Waals surface area contributed by atoms with Crippen molar-refractivity contribution in [1.29, 1.82) is 0 Å². The van der Waals surface area contributed by atoms with E-state index >= 15 is 0 Å². The van der Waals surface area contributed by atoms with Crippen LogP contribution in [0.1, 0.15) is 23.2 Å². The highest BCUT2D eigenvalue weighted by Crippen LogP contribution is 2.07. The van der Waals surface area contributed by atoms with Gasteiger partial charge in [0.1, 0.15) is 0 Å². The van der Waals surface area contributed by atoms with Crippen molar-refractivity contribution >= 4 is 11.7 Å². The van der Waals surface area contributed by atoms with E-state index in [1.165, 1.54) is 0 Å². The maximum atomic E-state index is 12.2. The Hall–Kier alpha value is -1.72. The lowest BCUT2D eigenvalue weighted by molar-refractivity contribution is -0.132. The first-order valence-corrected chi connectivity index (χ1v) is 7.03. The number of rotatable bonds is 10. The van der Waals surface area contributed by atoms with Gasteiger partial charge in [-0.1, -0.05) is 30.3 Å². The van der Waals surface area contributed by atoms with Crippen LogP contribution in [0.5, 0.6) is 0 Å². The molecule has 1 aromatic carbocycles. The highest BCUT2D eigenvalue weighted by molar-refractivity contribution is 5.97. The van der Waals surface area contributed by atoms with Crippen LogP contribution in [0.2, 0.25) is 0 Å². The summed E-state index contributed by atoms with van der Waals surface area (Å²) < 4.78 is 9.99. The number of hydrogen-bond acceptors (Lipinski definition) is 4. The van der Waals surface area contributed by atoms with Crippen LogP contribution in [0.15, 0.2) is 30.3 Å². The average Bonchev–Trinajstić information content (AvgIpc) is 2.53. The largest absolute Gasteiger partial charge is 0.383 e. The van der Waals surface area contributed by atoms with E-state index in [1.807, 2.05) is 18.2 Å². The highest BCUT2D eigenvalue weighted by atomic mass is 16.5. The molecular weight excluding hydrogens is 270 g/mol. The van der Waals surface area contributed by atoms with Crippen molar-refractivity contribution < 1.29 is 19.1 Å². The summed E-state index contributed by atoms with van der Waals surface area (Å²) in [6, 6.07) is 9.02. The van der Waals surface area contributed by atoms with Crippen LogP contribution < -0.4 is 0 Å². The second kappa shape index (κ2) is 10.1. The Balaban J connectivity index is 2.46. The zero-order chi connectivity index (χ0) is 15.5. The molecule has 116 valence electrons. The molecule has 5 heteroatoms. The van der Waals surface area contributed by atoms with Crippen molar-refractivity contribution in [2.24, 2.45) is 0 Å². The summed E-state index contributed by atoms with van der Waals surface area (Å²) in [5, 5.41) is 0. The van der Waals surface area contributed by atoms with Gasteiger partial charge in [-0.15, -0.1) is 0 Å². The molecule has 0 unspecified atom stereocenters. The summed E-state index contributed by atoms with van der Waals surface area (Å²) in [5.74, 6) is -0.0595. The van der Waals surface area contributed by atoms with Crippen LogP contribution in [0.4, 0.5) is 0 Å². The Morgan fingerprint density at radius 3 is 2.05 bits per heavy atom. The summed E-state index contributed by atoms with van der Waals surface area (Å²) in [7, 11) is 3.19. The molecule has 0 N–H and O–H groups in total. The minimum absolute atomic E-state index is 0.0117. The van der Waals surface area contributed by atoms with E-state index in [4.69, 9.17) is 9.47 Å². The lowest BCUT2D eigenvalue weighted by atomic mass is 10.1. The third kappa shape index (κ3) is 6.51. The van der Waals surface area contributed by atoms with Crippen LogP contribution in [0, 0.1) is 0 Å². The van der Waals surface area contributed by atoms with Gasteiger partial charge in [0.25, 0.3) is 0 Å². The van der Waals surface area contributed by atoms with Crippen LogP contribution in [0.3, 0.4) is 0 Å². The molecule has 1 aromatic rings. The lowest BCUT2D eigenvalue weighted by Crippen LogP contribution is -2.36. The van der Waals surface area contributed by atoms with E-state index in [1.54, 1.807) is 31.3 Å². The molecule has 0 radical (unpaired) electrons. The Labute approximate surface area is 125 Å². The topological polar surface area (TPSA) is 55.8 Å². The fourth-order valence-corrected chi connectivity index (χ4v) is 1.91. The van der Waals surface area contributed by atoms with Gasteiger partial charge in [0.2, 0.25) is 5.91 Å². The smallest absolute Gasteiger partial charge is 0.223 e. The number of carbonyl (C=O) groups is 2. The molecule has 0 aliphatic carbocycles. The molecule has 0 fully saturated rings. The SMILES string of the molecule is COCCN(CCOC)C(=O)CCC(=O)c1ccccc1. The van der Waals surface area contributed by atoms with E-state index in [0.717, 1.165) is 0 Å². The lowest BCUT2D eigenvalue weighted by Gasteiger charge is -2.21. The number of Topliss-reactive ketones (excluding diaryl/α,β-unsaturated/α-hetero) is 1. The Kier molecular flexibility index (Phi) is 8.31. The molecule has 0 bridgehead atoms. The van der Waals surface area contributed by atoms with Crippen LogP contribution in [0.25, 0.3) is 0 Å². The molecule has 0 aromatic heterocycles. The highest BCUT2D eigenvalue weighted by Gasteiger charge is 2.15. The number of carbonyl (C=O) groups excluding carboxylic acids is 2. The number of benzene rings is 1. The Morgan fingerprint density at radius 2 is 1.52 bits per heavy atom. The fraction of sp³-hybridized carbons (Fsp3) is 0.500.